The van der Waals surface area contributed by atoms with Gasteiger partial charge in [-0.3, -0.25) is 0 Å². The van der Waals surface area contributed by atoms with Crippen molar-refractivity contribution in [2.45, 2.75) is 32.5 Å². The molecule has 5 heteroatoms. The molecule has 0 heterocycles. The van der Waals surface area contributed by atoms with E-state index >= 15 is 4.39 Å². The molecule has 0 fully saturated rings. The zero-order chi connectivity index (χ0) is 24.1. The fourth-order valence-electron chi connectivity index (χ4n) is 3.71. The van der Waals surface area contributed by atoms with E-state index in [2.05, 4.69) is 35.6 Å². The van der Waals surface area contributed by atoms with Crippen molar-refractivity contribution in [3.8, 4) is 28.7 Å². The Morgan fingerprint density at radius 2 is 1.47 bits per heavy atom. The third kappa shape index (κ3) is 5.77. The predicted octanol–water partition coefficient (Wildman–Crippen LogP) is 8.29. The second-order valence-electron chi connectivity index (χ2n) is 7.99. The van der Waals surface area contributed by atoms with Crippen molar-refractivity contribution in [2.24, 2.45) is 0 Å². The first kappa shape index (κ1) is 23.4. The van der Waals surface area contributed by atoms with Crippen molar-refractivity contribution in [3.05, 3.63) is 101 Å². The summed E-state index contributed by atoms with van der Waals surface area (Å²) >= 11 is 0. The van der Waals surface area contributed by atoms with Gasteiger partial charge in [-0.15, -0.1) is 13.2 Å². The highest BCUT2D eigenvalue weighted by Crippen LogP contribution is 2.31. The van der Waals surface area contributed by atoms with Crippen LogP contribution >= 0.6 is 0 Å². The summed E-state index contributed by atoms with van der Waals surface area (Å²) in [5.41, 5.74) is 3.74. The summed E-state index contributed by atoms with van der Waals surface area (Å²) in [4.78, 5) is 0. The number of alkyl halides is 3. The van der Waals surface area contributed by atoms with Gasteiger partial charge in [0.2, 0.25) is 0 Å². The van der Waals surface area contributed by atoms with Crippen LogP contribution in [-0.4, -0.2) is 6.36 Å². The number of rotatable bonds is 5. The van der Waals surface area contributed by atoms with Gasteiger partial charge in [0.05, 0.1) is 0 Å². The number of fused-ring (bicyclic) bond motifs is 1. The molecule has 0 N–H and O–H groups in total. The van der Waals surface area contributed by atoms with E-state index in [1.165, 1.54) is 29.8 Å². The average Bonchev–Trinajstić information content (AvgIpc) is 2.82. The van der Waals surface area contributed by atoms with E-state index in [1.54, 1.807) is 24.3 Å². The molecule has 0 unspecified atom stereocenters. The molecular weight excluding hydrogens is 440 g/mol. The van der Waals surface area contributed by atoms with E-state index in [0.717, 1.165) is 30.4 Å². The van der Waals surface area contributed by atoms with Crippen molar-refractivity contribution in [1.29, 1.82) is 0 Å². The second-order valence-corrected chi connectivity index (χ2v) is 7.99. The van der Waals surface area contributed by atoms with E-state index in [-0.39, 0.29) is 5.75 Å². The van der Waals surface area contributed by atoms with E-state index in [0.29, 0.717) is 21.9 Å². The molecule has 0 aliphatic carbocycles. The fourth-order valence-corrected chi connectivity index (χ4v) is 3.71. The van der Waals surface area contributed by atoms with Gasteiger partial charge in [-0.25, -0.2) is 4.39 Å². The third-order valence-corrected chi connectivity index (χ3v) is 5.48. The smallest absolute Gasteiger partial charge is 0.406 e. The largest absolute Gasteiger partial charge is 0.573 e. The Hall–Kier alpha value is -3.78. The number of aryl methyl sites for hydroxylation is 1. The van der Waals surface area contributed by atoms with Crippen molar-refractivity contribution in [2.75, 3.05) is 0 Å². The molecule has 1 nitrogen and oxygen atoms in total. The summed E-state index contributed by atoms with van der Waals surface area (Å²) in [6.07, 6.45) is -1.38. The maximum atomic E-state index is 15.2. The maximum Gasteiger partial charge on any atom is 0.573 e. The molecule has 4 aromatic carbocycles. The first-order valence-electron chi connectivity index (χ1n) is 11.0. The van der Waals surface area contributed by atoms with Crippen molar-refractivity contribution < 1.29 is 22.3 Å². The van der Waals surface area contributed by atoms with Gasteiger partial charge in [0, 0.05) is 22.1 Å². The lowest BCUT2D eigenvalue weighted by Crippen LogP contribution is -2.16. The zero-order valence-corrected chi connectivity index (χ0v) is 18.5. The number of hydrogen-bond donors (Lipinski definition) is 0. The summed E-state index contributed by atoms with van der Waals surface area (Å²) < 4.78 is 56.1. The fraction of sp³-hybridized carbons (Fsp3) is 0.172. The SMILES string of the molecule is CCCCc1ccc(C#Cc2ccc3c(F)c(-c4ccc(OC(F)(F)F)cc4)ccc3c2)cc1. The summed E-state index contributed by atoms with van der Waals surface area (Å²) in [7, 11) is 0. The number of halogens is 4. The Kier molecular flexibility index (Phi) is 6.88. The Bertz CT molecular complexity index is 1340. The third-order valence-electron chi connectivity index (χ3n) is 5.48. The minimum Gasteiger partial charge on any atom is -0.406 e. The molecular formula is C29H22F4O. The maximum absolute atomic E-state index is 15.2. The quantitative estimate of drug-likeness (QED) is 0.214. The van der Waals surface area contributed by atoms with E-state index < -0.39 is 12.2 Å². The molecule has 0 saturated carbocycles. The molecule has 0 aromatic heterocycles. The van der Waals surface area contributed by atoms with Crippen molar-refractivity contribution in [1.82, 2.24) is 0 Å². The molecule has 172 valence electrons. The topological polar surface area (TPSA) is 9.23 Å². The van der Waals surface area contributed by atoms with Crippen LogP contribution in [0.3, 0.4) is 0 Å². The van der Waals surface area contributed by atoms with Crippen LogP contribution < -0.4 is 4.74 Å². The van der Waals surface area contributed by atoms with Gasteiger partial charge < -0.3 is 4.74 Å². The Balaban J connectivity index is 1.55. The van der Waals surface area contributed by atoms with Gasteiger partial charge in [0.25, 0.3) is 0 Å². The molecule has 0 aliphatic rings. The standard InChI is InChI=1S/C29H22F4O/c1-2-3-4-20-5-7-21(8-6-20)9-10-22-11-17-27-24(19-22)14-18-26(28(27)30)23-12-15-25(16-13-23)34-29(31,32)33/h5-8,11-19H,2-4H2,1H3. The van der Waals surface area contributed by atoms with Gasteiger partial charge in [-0.2, -0.15) is 0 Å². The van der Waals surface area contributed by atoms with Crippen LogP contribution in [0.2, 0.25) is 0 Å². The van der Waals surface area contributed by atoms with Crippen LogP contribution in [-0.2, 0) is 6.42 Å². The van der Waals surface area contributed by atoms with Gasteiger partial charge >= 0.3 is 6.36 Å². The highest BCUT2D eigenvalue weighted by Gasteiger charge is 2.31. The van der Waals surface area contributed by atoms with E-state index in [9.17, 15) is 13.2 Å². The lowest BCUT2D eigenvalue weighted by atomic mass is 9.99. The second kappa shape index (κ2) is 10.0. The van der Waals surface area contributed by atoms with Crippen LogP contribution in [0, 0.1) is 17.7 Å². The minimum atomic E-state index is -4.77. The van der Waals surface area contributed by atoms with Gasteiger partial charge in [-0.05, 0) is 65.8 Å². The normalized spacial score (nSPS) is 11.2. The molecule has 0 saturated heterocycles. The van der Waals surface area contributed by atoms with Crippen LogP contribution in [0.4, 0.5) is 17.6 Å². The number of unbranched alkanes of at least 4 members (excludes halogenated alkanes) is 1. The van der Waals surface area contributed by atoms with Gasteiger partial charge in [0.1, 0.15) is 11.6 Å². The molecule has 0 amide bonds. The first-order chi connectivity index (χ1) is 16.3. The van der Waals surface area contributed by atoms with Crippen LogP contribution in [0.25, 0.3) is 21.9 Å². The van der Waals surface area contributed by atoms with Crippen molar-refractivity contribution in [3.63, 3.8) is 0 Å². The number of hydrogen-bond acceptors (Lipinski definition) is 1. The Morgan fingerprint density at radius 3 is 2.15 bits per heavy atom. The summed E-state index contributed by atoms with van der Waals surface area (Å²) in [5, 5.41) is 1.11. The highest BCUT2D eigenvalue weighted by molar-refractivity contribution is 5.89. The van der Waals surface area contributed by atoms with Crippen LogP contribution in [0.1, 0.15) is 36.5 Å². The van der Waals surface area contributed by atoms with Crippen LogP contribution in [0.15, 0.2) is 78.9 Å². The average molecular weight is 462 g/mol. The molecule has 0 aliphatic heterocycles. The molecule has 0 radical (unpaired) electrons. The molecule has 4 aromatic rings. The predicted molar refractivity (Wildman–Crippen MR) is 127 cm³/mol. The molecule has 34 heavy (non-hydrogen) atoms. The number of ether oxygens (including phenoxy) is 1. The number of benzene rings is 4. The highest BCUT2D eigenvalue weighted by atomic mass is 19.4. The molecule has 0 atom stereocenters. The van der Waals surface area contributed by atoms with Crippen molar-refractivity contribution >= 4 is 10.8 Å². The Labute approximate surface area is 196 Å². The summed E-state index contributed by atoms with van der Waals surface area (Å²) in [6, 6.07) is 22.0. The zero-order valence-electron chi connectivity index (χ0n) is 18.5. The summed E-state index contributed by atoms with van der Waals surface area (Å²) in [6.45, 7) is 2.17. The lowest BCUT2D eigenvalue weighted by molar-refractivity contribution is -0.274. The van der Waals surface area contributed by atoms with E-state index in [4.69, 9.17) is 0 Å². The summed E-state index contributed by atoms with van der Waals surface area (Å²) in [5.74, 6) is 5.48. The molecule has 4 rings (SSSR count). The monoisotopic (exact) mass is 462 g/mol. The first-order valence-corrected chi connectivity index (χ1v) is 11.0. The van der Waals surface area contributed by atoms with Gasteiger partial charge in [0.15, 0.2) is 0 Å². The van der Waals surface area contributed by atoms with Crippen LogP contribution in [0.5, 0.6) is 5.75 Å². The van der Waals surface area contributed by atoms with Gasteiger partial charge in [-0.1, -0.05) is 67.6 Å². The van der Waals surface area contributed by atoms with E-state index in [1.807, 2.05) is 18.2 Å². The molecule has 0 spiro atoms. The lowest BCUT2D eigenvalue weighted by Gasteiger charge is -2.10. The Morgan fingerprint density at radius 1 is 0.794 bits per heavy atom. The minimum absolute atomic E-state index is 0.299. The molecule has 0 bridgehead atoms.